The Morgan fingerprint density at radius 3 is 2.46 bits per heavy atom. The molecule has 0 radical (unpaired) electrons. The maximum absolute atomic E-state index is 12.1. The van der Waals surface area contributed by atoms with Gasteiger partial charge in [-0.25, -0.2) is 0 Å². The molecule has 0 bridgehead atoms. The van der Waals surface area contributed by atoms with Gasteiger partial charge < -0.3 is 14.6 Å². The van der Waals surface area contributed by atoms with Gasteiger partial charge in [0.25, 0.3) is 5.91 Å². The normalized spacial score (nSPS) is 10.6. The summed E-state index contributed by atoms with van der Waals surface area (Å²) in [5, 5.41) is 6.33. The van der Waals surface area contributed by atoms with Gasteiger partial charge in [0.05, 0.1) is 0 Å². The van der Waals surface area contributed by atoms with E-state index < -0.39 is 12.5 Å². The van der Waals surface area contributed by atoms with Crippen LogP contribution in [0, 0.1) is 0 Å². The number of amides is 1. The Labute approximate surface area is 135 Å². The molecule has 3 rings (SSSR count). The largest absolute Gasteiger partial charge is 0.435 e. The Kier molecular flexibility index (Phi) is 4.51. The van der Waals surface area contributed by atoms with Crippen LogP contribution in [0.25, 0.3) is 11.3 Å². The van der Waals surface area contributed by atoms with Crippen molar-refractivity contribution in [2.75, 3.05) is 5.32 Å². The van der Waals surface area contributed by atoms with Crippen molar-refractivity contribution in [1.82, 2.24) is 5.16 Å². The van der Waals surface area contributed by atoms with E-state index in [1.54, 1.807) is 0 Å². The fraction of sp³-hybridized carbons (Fsp3) is 0.0588. The minimum Gasteiger partial charge on any atom is -0.435 e. The summed E-state index contributed by atoms with van der Waals surface area (Å²) in [4.78, 5) is 12.1. The van der Waals surface area contributed by atoms with E-state index in [0.29, 0.717) is 11.4 Å². The number of benzene rings is 2. The maximum atomic E-state index is 12.1. The lowest BCUT2D eigenvalue weighted by Gasteiger charge is -2.06. The Hall–Kier alpha value is -3.22. The predicted octanol–water partition coefficient (Wildman–Crippen LogP) is 4.20. The van der Waals surface area contributed by atoms with Crippen molar-refractivity contribution in [3.8, 4) is 17.1 Å². The first-order chi connectivity index (χ1) is 11.6. The molecule has 7 heteroatoms. The van der Waals surface area contributed by atoms with Gasteiger partial charge in [-0.05, 0) is 24.3 Å². The smallest absolute Gasteiger partial charge is 0.387 e. The minimum absolute atomic E-state index is 0.01000. The van der Waals surface area contributed by atoms with E-state index in [0.717, 1.165) is 5.56 Å². The first-order valence-electron chi connectivity index (χ1n) is 7.00. The van der Waals surface area contributed by atoms with Crippen molar-refractivity contribution in [2.45, 2.75) is 6.61 Å². The highest BCUT2D eigenvalue weighted by Gasteiger charge is 2.14. The van der Waals surface area contributed by atoms with Gasteiger partial charge in [0.15, 0.2) is 11.5 Å². The zero-order chi connectivity index (χ0) is 16.9. The number of hydrogen-bond acceptors (Lipinski definition) is 4. The van der Waals surface area contributed by atoms with Crippen molar-refractivity contribution in [2.24, 2.45) is 0 Å². The van der Waals surface area contributed by atoms with Crippen molar-refractivity contribution >= 4 is 11.6 Å². The molecule has 1 amide bonds. The molecule has 0 aliphatic heterocycles. The highest BCUT2D eigenvalue weighted by molar-refractivity contribution is 6.03. The van der Waals surface area contributed by atoms with E-state index in [9.17, 15) is 13.6 Å². The Bertz CT molecular complexity index is 817. The summed E-state index contributed by atoms with van der Waals surface area (Å²) in [6.45, 7) is -2.89. The monoisotopic (exact) mass is 330 g/mol. The number of rotatable bonds is 5. The summed E-state index contributed by atoms with van der Waals surface area (Å²) in [6.07, 6.45) is 0. The number of halogens is 2. The molecular weight excluding hydrogens is 318 g/mol. The third-order valence-corrected chi connectivity index (χ3v) is 3.14. The number of ether oxygens (including phenoxy) is 1. The fourth-order valence-corrected chi connectivity index (χ4v) is 2.04. The van der Waals surface area contributed by atoms with E-state index in [2.05, 4.69) is 15.2 Å². The summed E-state index contributed by atoms with van der Waals surface area (Å²) in [6, 6.07) is 16.3. The van der Waals surface area contributed by atoms with Gasteiger partial charge in [-0.15, -0.1) is 0 Å². The summed E-state index contributed by atoms with van der Waals surface area (Å²) in [5.74, 6) is 0.0145. The van der Waals surface area contributed by atoms with Gasteiger partial charge in [0.2, 0.25) is 0 Å². The molecule has 1 heterocycles. The highest BCUT2D eigenvalue weighted by atomic mass is 19.3. The highest BCUT2D eigenvalue weighted by Crippen LogP contribution is 2.21. The number of anilines is 1. The molecule has 0 aliphatic rings. The van der Waals surface area contributed by atoms with Crippen LogP contribution in [0.3, 0.4) is 0 Å². The molecule has 0 unspecified atom stereocenters. The van der Waals surface area contributed by atoms with Crippen LogP contribution in [0.15, 0.2) is 65.2 Å². The van der Waals surface area contributed by atoms with E-state index in [1.165, 1.54) is 30.3 Å². The molecule has 0 aliphatic carbocycles. The Balaban J connectivity index is 1.68. The number of carbonyl (C=O) groups excluding carboxylic acids is 1. The van der Waals surface area contributed by atoms with Gasteiger partial charge in [-0.2, -0.15) is 8.78 Å². The van der Waals surface area contributed by atoms with Gasteiger partial charge in [-0.1, -0.05) is 35.5 Å². The van der Waals surface area contributed by atoms with E-state index in [1.807, 2.05) is 30.3 Å². The van der Waals surface area contributed by atoms with Crippen LogP contribution in [0.1, 0.15) is 10.5 Å². The van der Waals surface area contributed by atoms with Gasteiger partial charge in [-0.3, -0.25) is 4.79 Å². The number of nitrogens with one attached hydrogen (secondary N) is 1. The lowest BCUT2D eigenvalue weighted by Crippen LogP contribution is -2.12. The van der Waals surface area contributed by atoms with E-state index in [4.69, 9.17) is 4.52 Å². The third kappa shape index (κ3) is 3.75. The van der Waals surface area contributed by atoms with Crippen molar-refractivity contribution in [1.29, 1.82) is 0 Å². The quantitative estimate of drug-likeness (QED) is 0.761. The first-order valence-corrected chi connectivity index (χ1v) is 7.00. The lowest BCUT2D eigenvalue weighted by atomic mass is 10.1. The van der Waals surface area contributed by atoms with E-state index >= 15 is 0 Å². The van der Waals surface area contributed by atoms with Crippen molar-refractivity contribution in [3.63, 3.8) is 0 Å². The van der Waals surface area contributed by atoms with Crippen molar-refractivity contribution in [3.05, 3.63) is 66.4 Å². The minimum atomic E-state index is -2.89. The molecular formula is C17H12F2N2O3. The van der Waals surface area contributed by atoms with Crippen LogP contribution in [0.2, 0.25) is 0 Å². The zero-order valence-electron chi connectivity index (χ0n) is 12.3. The second-order valence-electron chi connectivity index (χ2n) is 4.80. The first kappa shape index (κ1) is 15.7. The van der Waals surface area contributed by atoms with Crippen LogP contribution in [0.4, 0.5) is 14.5 Å². The van der Waals surface area contributed by atoms with Crippen LogP contribution in [-0.2, 0) is 0 Å². The topological polar surface area (TPSA) is 64.4 Å². The number of alkyl halides is 2. The maximum Gasteiger partial charge on any atom is 0.387 e. The lowest BCUT2D eigenvalue weighted by molar-refractivity contribution is -0.0498. The average Bonchev–Trinajstić information content (AvgIpc) is 3.07. The summed E-state index contributed by atoms with van der Waals surface area (Å²) in [7, 11) is 0. The zero-order valence-corrected chi connectivity index (χ0v) is 12.3. The molecule has 3 aromatic rings. The predicted molar refractivity (Wildman–Crippen MR) is 83.0 cm³/mol. The molecule has 24 heavy (non-hydrogen) atoms. The molecule has 0 fully saturated rings. The molecule has 0 saturated carbocycles. The summed E-state index contributed by atoms with van der Waals surface area (Å²) >= 11 is 0. The average molecular weight is 330 g/mol. The Morgan fingerprint density at radius 1 is 1.08 bits per heavy atom. The van der Waals surface area contributed by atoms with Crippen LogP contribution < -0.4 is 10.1 Å². The fourth-order valence-electron chi connectivity index (χ4n) is 2.04. The third-order valence-electron chi connectivity index (χ3n) is 3.14. The SMILES string of the molecule is O=C(Nc1ccc(OC(F)F)cc1)c1cc(-c2ccccc2)on1. The standard InChI is InChI=1S/C17H12F2N2O3/c18-17(19)23-13-8-6-12(7-9-13)20-16(22)14-10-15(24-21-14)11-4-2-1-3-5-11/h1-10,17H,(H,20,22). The molecule has 0 spiro atoms. The van der Waals surface area contributed by atoms with Crippen molar-refractivity contribution < 1.29 is 22.8 Å². The Morgan fingerprint density at radius 2 is 1.79 bits per heavy atom. The van der Waals surface area contributed by atoms with E-state index in [-0.39, 0.29) is 11.4 Å². The molecule has 1 aromatic heterocycles. The molecule has 0 saturated heterocycles. The van der Waals surface area contributed by atoms with Crippen LogP contribution in [-0.4, -0.2) is 17.7 Å². The summed E-state index contributed by atoms with van der Waals surface area (Å²) < 4.78 is 33.6. The van der Waals surface area contributed by atoms with Crippen LogP contribution in [0.5, 0.6) is 5.75 Å². The molecule has 0 atom stereocenters. The van der Waals surface area contributed by atoms with Gasteiger partial charge >= 0.3 is 6.61 Å². The van der Waals surface area contributed by atoms with Gasteiger partial charge in [0, 0.05) is 17.3 Å². The number of hydrogen-bond donors (Lipinski definition) is 1. The number of aromatic nitrogens is 1. The second kappa shape index (κ2) is 6.91. The molecule has 5 nitrogen and oxygen atoms in total. The van der Waals surface area contributed by atoms with Crippen LogP contribution >= 0.6 is 0 Å². The molecule has 1 N–H and O–H groups in total. The molecule has 2 aromatic carbocycles. The second-order valence-corrected chi connectivity index (χ2v) is 4.80. The number of carbonyl (C=O) groups is 1. The molecule has 122 valence electrons. The van der Waals surface area contributed by atoms with Gasteiger partial charge in [0.1, 0.15) is 5.75 Å². The summed E-state index contributed by atoms with van der Waals surface area (Å²) in [5.41, 5.74) is 1.34. The number of nitrogens with zero attached hydrogens (tertiary/aromatic N) is 1.